The first-order chi connectivity index (χ1) is 13.0. The van der Waals surface area contributed by atoms with Crippen LogP contribution in [0.25, 0.3) is 0 Å². The maximum atomic E-state index is 11.5. The highest BCUT2D eigenvalue weighted by Crippen LogP contribution is 2.41. The van der Waals surface area contributed by atoms with Crippen LogP contribution in [0, 0.1) is 0 Å². The number of anilines is 1. The van der Waals surface area contributed by atoms with E-state index in [9.17, 15) is 4.79 Å². The predicted molar refractivity (Wildman–Crippen MR) is 118 cm³/mol. The number of aromatic nitrogens is 2. The zero-order valence-electron chi connectivity index (χ0n) is 18.8. The molecule has 162 valence electrons. The molecule has 1 aromatic heterocycles. The van der Waals surface area contributed by atoms with Crippen molar-refractivity contribution in [2.45, 2.75) is 77.9 Å². The number of hydrogen-bond donors (Lipinski definition) is 2. The van der Waals surface area contributed by atoms with Gasteiger partial charge in [0.25, 0.3) is 0 Å². The number of unbranched alkanes of at least 4 members (excludes halogenated alkanes) is 1. The van der Waals surface area contributed by atoms with Gasteiger partial charge >= 0.3 is 6.09 Å². The topological polar surface area (TPSA) is 91.4 Å². The molecule has 7 nitrogen and oxygen atoms in total. The molecule has 1 rings (SSSR count). The largest absolute Gasteiger partial charge is 0.450 e. The highest BCUT2D eigenvalue weighted by Gasteiger charge is 2.40. The van der Waals surface area contributed by atoms with Gasteiger partial charge in [-0.2, -0.15) is 5.10 Å². The minimum absolute atomic E-state index is 0.214. The van der Waals surface area contributed by atoms with Gasteiger partial charge in [0.05, 0.1) is 26.4 Å². The van der Waals surface area contributed by atoms with E-state index in [4.69, 9.17) is 15.2 Å². The van der Waals surface area contributed by atoms with Crippen LogP contribution in [-0.4, -0.2) is 51.0 Å². The molecule has 0 aliphatic carbocycles. The smallest absolute Gasteiger partial charge is 0.407 e. The molecule has 0 fully saturated rings. The van der Waals surface area contributed by atoms with E-state index >= 15 is 0 Å². The Morgan fingerprint density at radius 3 is 2.39 bits per heavy atom. The van der Waals surface area contributed by atoms with Gasteiger partial charge in [-0.3, -0.25) is 4.68 Å². The third-order valence-electron chi connectivity index (χ3n) is 4.55. The first-order valence-electron chi connectivity index (χ1n) is 10.3. The number of hydrogen-bond acceptors (Lipinski definition) is 5. The molecule has 0 spiro atoms. The number of nitrogens with two attached hydrogens (primary N) is 1. The molecule has 1 amide bonds. The molecule has 28 heavy (non-hydrogen) atoms. The SMILES string of the molecule is CCCCOC(=O)NCCOCCn1nc(N)cc1[SiH](C(C)(C)C)C(C)(C)C. The monoisotopic (exact) mass is 412 g/mol. The minimum atomic E-state index is -1.39. The number of rotatable bonds is 10. The first-order valence-corrected chi connectivity index (χ1v) is 12.0. The lowest BCUT2D eigenvalue weighted by Gasteiger charge is -2.39. The van der Waals surface area contributed by atoms with Crippen LogP contribution in [0.15, 0.2) is 6.07 Å². The zero-order valence-corrected chi connectivity index (χ0v) is 20.0. The standard InChI is InChI=1S/C20H40N4O3Si/c1-8-9-12-27-18(25)22-10-13-26-14-11-24-17(15-16(21)23-24)28(19(2,3)4)20(5,6)7/h15,28H,8-14H2,1-7H3,(H2,21,23)(H,22,25). The zero-order chi connectivity index (χ0) is 21.4. The molecule has 0 aromatic carbocycles. The fourth-order valence-corrected chi connectivity index (χ4v) is 9.08. The van der Waals surface area contributed by atoms with Gasteiger partial charge < -0.3 is 20.5 Å². The summed E-state index contributed by atoms with van der Waals surface area (Å²) in [5.74, 6) is 0.567. The summed E-state index contributed by atoms with van der Waals surface area (Å²) in [6.45, 7) is 18.4. The van der Waals surface area contributed by atoms with Crippen LogP contribution in [-0.2, 0) is 16.0 Å². The van der Waals surface area contributed by atoms with Gasteiger partial charge in [-0.25, -0.2) is 4.79 Å². The van der Waals surface area contributed by atoms with Gasteiger partial charge in [0.15, 0.2) is 0 Å². The van der Waals surface area contributed by atoms with E-state index < -0.39 is 8.80 Å². The third-order valence-corrected chi connectivity index (χ3v) is 9.07. The highest BCUT2D eigenvalue weighted by molar-refractivity contribution is 6.77. The fourth-order valence-electron chi connectivity index (χ4n) is 3.89. The summed E-state index contributed by atoms with van der Waals surface area (Å²) >= 11 is 0. The summed E-state index contributed by atoms with van der Waals surface area (Å²) in [4.78, 5) is 11.5. The molecule has 0 bridgehead atoms. The molecule has 0 aliphatic heterocycles. The Kier molecular flexibility index (Phi) is 9.49. The van der Waals surface area contributed by atoms with Crippen molar-refractivity contribution in [2.24, 2.45) is 0 Å². The lowest BCUT2D eigenvalue weighted by Crippen LogP contribution is -2.49. The maximum absolute atomic E-state index is 11.5. The average molecular weight is 413 g/mol. The number of amides is 1. The fraction of sp³-hybridized carbons (Fsp3) is 0.800. The molecule has 0 saturated heterocycles. The second kappa shape index (κ2) is 10.9. The Hall–Kier alpha value is -1.54. The number of nitrogen functional groups attached to an aromatic ring is 1. The van der Waals surface area contributed by atoms with Gasteiger partial charge in [-0.15, -0.1) is 0 Å². The Balaban J connectivity index is 2.53. The van der Waals surface area contributed by atoms with E-state index in [1.807, 2.05) is 10.7 Å². The van der Waals surface area contributed by atoms with Crippen molar-refractivity contribution in [1.82, 2.24) is 15.1 Å². The van der Waals surface area contributed by atoms with Crippen LogP contribution < -0.4 is 16.4 Å². The number of alkyl carbamates (subject to hydrolysis) is 1. The van der Waals surface area contributed by atoms with Crippen LogP contribution in [0.2, 0.25) is 10.1 Å². The number of carbonyl (C=O) groups excluding carboxylic acids is 1. The van der Waals surface area contributed by atoms with Crippen molar-refractivity contribution < 1.29 is 14.3 Å². The molecule has 0 saturated carbocycles. The lowest BCUT2D eigenvalue weighted by atomic mass is 10.2. The first kappa shape index (κ1) is 24.5. The number of nitrogens with one attached hydrogen (secondary N) is 1. The second-order valence-corrected chi connectivity index (χ2v) is 14.3. The number of carbonyl (C=O) groups is 1. The highest BCUT2D eigenvalue weighted by atomic mass is 28.3. The molecule has 8 heteroatoms. The number of ether oxygens (including phenoxy) is 2. The Bertz CT molecular complexity index is 592. The van der Waals surface area contributed by atoms with E-state index in [0.717, 1.165) is 12.8 Å². The number of nitrogens with zero attached hydrogens (tertiary/aromatic N) is 2. The quantitative estimate of drug-likeness (QED) is 0.455. The molecule has 0 radical (unpaired) electrons. The van der Waals surface area contributed by atoms with Crippen LogP contribution in [0.5, 0.6) is 0 Å². The molecule has 1 heterocycles. The van der Waals surface area contributed by atoms with Crippen LogP contribution in [0.3, 0.4) is 0 Å². The summed E-state index contributed by atoms with van der Waals surface area (Å²) < 4.78 is 12.7. The Morgan fingerprint density at radius 1 is 1.18 bits per heavy atom. The van der Waals surface area contributed by atoms with Crippen molar-refractivity contribution in [3.05, 3.63) is 6.07 Å². The van der Waals surface area contributed by atoms with E-state index in [2.05, 4.69) is 58.9 Å². The van der Waals surface area contributed by atoms with Crippen LogP contribution in [0.1, 0.15) is 61.3 Å². The minimum Gasteiger partial charge on any atom is -0.450 e. The van der Waals surface area contributed by atoms with Gasteiger partial charge in [0, 0.05) is 11.9 Å². The van der Waals surface area contributed by atoms with Gasteiger partial charge in [-0.1, -0.05) is 54.9 Å². The Labute approximate surface area is 171 Å². The summed E-state index contributed by atoms with van der Waals surface area (Å²) in [7, 11) is -1.39. The average Bonchev–Trinajstić information content (AvgIpc) is 2.88. The molecule has 3 N–H and O–H groups in total. The maximum Gasteiger partial charge on any atom is 0.407 e. The third kappa shape index (κ3) is 8.22. The van der Waals surface area contributed by atoms with E-state index in [1.54, 1.807) is 0 Å². The molecule has 0 aliphatic rings. The van der Waals surface area contributed by atoms with Crippen molar-refractivity contribution in [3.63, 3.8) is 0 Å². The van der Waals surface area contributed by atoms with Crippen LogP contribution in [0.4, 0.5) is 10.6 Å². The molecule has 0 unspecified atom stereocenters. The molecule has 0 atom stereocenters. The molecule has 1 aromatic rings. The summed E-state index contributed by atoms with van der Waals surface area (Å²) in [5, 5.41) is 8.90. The summed E-state index contributed by atoms with van der Waals surface area (Å²) in [6.07, 6.45) is 1.50. The van der Waals surface area contributed by atoms with Crippen molar-refractivity contribution in [3.8, 4) is 0 Å². The van der Waals surface area contributed by atoms with Gasteiger partial charge in [0.2, 0.25) is 0 Å². The van der Waals surface area contributed by atoms with Crippen LogP contribution >= 0.6 is 0 Å². The Morgan fingerprint density at radius 2 is 1.82 bits per heavy atom. The van der Waals surface area contributed by atoms with Crippen molar-refractivity contribution >= 4 is 26.0 Å². The van der Waals surface area contributed by atoms with Gasteiger partial charge in [-0.05, 0) is 22.6 Å². The van der Waals surface area contributed by atoms with E-state index in [1.165, 1.54) is 5.32 Å². The molecular formula is C20H40N4O3Si. The predicted octanol–water partition coefficient (Wildman–Crippen LogP) is 3.04. The van der Waals surface area contributed by atoms with E-state index in [0.29, 0.717) is 38.7 Å². The van der Waals surface area contributed by atoms with Crippen molar-refractivity contribution in [1.29, 1.82) is 0 Å². The van der Waals surface area contributed by atoms with Gasteiger partial charge in [0.1, 0.15) is 14.6 Å². The van der Waals surface area contributed by atoms with Crippen molar-refractivity contribution in [2.75, 3.05) is 32.1 Å². The molecular weight excluding hydrogens is 372 g/mol. The normalized spacial score (nSPS) is 12.4. The lowest BCUT2D eigenvalue weighted by molar-refractivity contribution is 0.115. The second-order valence-electron chi connectivity index (χ2n) is 9.41. The van der Waals surface area contributed by atoms with E-state index in [-0.39, 0.29) is 16.2 Å². The summed E-state index contributed by atoms with van der Waals surface area (Å²) in [5.41, 5.74) is 6.03. The summed E-state index contributed by atoms with van der Waals surface area (Å²) in [6, 6.07) is 2.04.